The first-order valence-electron chi connectivity index (χ1n) is 25.0. The number of amides is 1. The zero-order valence-corrected chi connectivity index (χ0v) is 43.5. The predicted octanol–water partition coefficient (Wildman–Crippen LogP) is 5.79. The lowest BCUT2D eigenvalue weighted by Gasteiger charge is -2.38. The third-order valence-corrected chi connectivity index (χ3v) is 15.0. The number of piperazine rings is 1. The number of hydrogen-bond donors (Lipinski definition) is 7. The number of methoxy groups -OCH3 is 1. The number of Topliss-reactive ketones (excluding diaryl/α,β-unsaturated/α-hetero) is 1. The zero-order valence-electron chi connectivity index (χ0n) is 43.5. The molecule has 0 radical (unpaired) electrons. The fraction of sp³-hybridized carbons (Fsp3) is 0.463. The Hall–Kier alpha value is -7.56. The Labute approximate surface area is 436 Å². The number of aromatic nitrogens is 2. The van der Waals surface area contributed by atoms with E-state index in [4.69, 9.17) is 18.9 Å². The number of esters is 1. The number of phenols is 3. The summed E-state index contributed by atoms with van der Waals surface area (Å²) in [7, 11) is 1.41. The molecule has 5 aliphatic rings. The molecule has 2 aromatic heterocycles. The maximum Gasteiger partial charge on any atom is 0.341 e. The number of ether oxygens (including phenoxy) is 4. The molecule has 0 unspecified atom stereocenters. The fourth-order valence-electron chi connectivity index (χ4n) is 10.3. The number of fused-ring (bicyclic) bond motifs is 15. The van der Waals surface area contributed by atoms with E-state index in [2.05, 4.69) is 15.4 Å². The number of aromatic hydroxyl groups is 3. The van der Waals surface area contributed by atoms with Gasteiger partial charge in [-0.2, -0.15) is 5.10 Å². The number of allylic oxidation sites excluding steroid dienone is 2. The first-order chi connectivity index (χ1) is 35.9. The molecule has 9 rings (SSSR count). The largest absolute Gasteiger partial charge is 0.507 e. The lowest BCUT2D eigenvalue weighted by molar-refractivity contribution is -0.160. The summed E-state index contributed by atoms with van der Waals surface area (Å²) < 4.78 is 41.1. The molecular formula is C54H63FN6O15. The van der Waals surface area contributed by atoms with Crippen LogP contribution in [0.1, 0.15) is 99.2 Å². The number of carboxylic acids is 1. The van der Waals surface area contributed by atoms with E-state index in [9.17, 15) is 54.6 Å². The smallest absolute Gasteiger partial charge is 0.341 e. The number of carboxylic acid groups (broad SMARTS) is 1. The van der Waals surface area contributed by atoms with Gasteiger partial charge in [-0.1, -0.05) is 45.9 Å². The number of carbonyl (C=O) groups excluding carboxylic acids is 3. The van der Waals surface area contributed by atoms with Crippen molar-refractivity contribution in [2.24, 2.45) is 28.8 Å². The number of benzene rings is 2. The molecular weight excluding hydrogens is 992 g/mol. The van der Waals surface area contributed by atoms with E-state index >= 15 is 4.39 Å². The highest BCUT2D eigenvalue weighted by Crippen LogP contribution is 2.55. The molecule has 9 atom stereocenters. The molecule has 4 aromatic rings. The second-order valence-corrected chi connectivity index (χ2v) is 20.3. The minimum Gasteiger partial charge on any atom is -0.507 e. The van der Waals surface area contributed by atoms with Crippen molar-refractivity contribution in [3.8, 4) is 23.0 Å². The van der Waals surface area contributed by atoms with Gasteiger partial charge in [0.1, 0.15) is 34.6 Å². The topological polar surface area (TPSA) is 292 Å². The highest BCUT2D eigenvalue weighted by Gasteiger charge is 2.50. The van der Waals surface area contributed by atoms with Crippen LogP contribution in [0.2, 0.25) is 0 Å². The second kappa shape index (κ2) is 21.2. The number of halogens is 1. The average Bonchev–Trinajstić information content (AvgIpc) is 4.24. The molecule has 21 nitrogen and oxygen atoms in total. The lowest BCUT2D eigenvalue weighted by Crippen LogP contribution is -2.46. The Bertz CT molecular complexity index is 3210. The van der Waals surface area contributed by atoms with Crippen LogP contribution < -0.4 is 20.4 Å². The number of rotatable bonds is 7. The van der Waals surface area contributed by atoms with Gasteiger partial charge >= 0.3 is 17.7 Å². The van der Waals surface area contributed by atoms with Crippen LogP contribution in [-0.4, -0.2) is 139 Å². The summed E-state index contributed by atoms with van der Waals surface area (Å²) in [4.78, 5) is 72.3. The van der Waals surface area contributed by atoms with E-state index in [0.717, 1.165) is 31.4 Å². The van der Waals surface area contributed by atoms with Gasteiger partial charge in [-0.3, -0.25) is 24.2 Å². The van der Waals surface area contributed by atoms with Crippen molar-refractivity contribution in [2.75, 3.05) is 43.5 Å². The summed E-state index contributed by atoms with van der Waals surface area (Å²) in [6.45, 7) is 12.8. The van der Waals surface area contributed by atoms with E-state index in [1.807, 2.05) is 0 Å². The van der Waals surface area contributed by atoms with Gasteiger partial charge in [-0.15, -0.1) is 0 Å². The number of nitrogens with one attached hydrogen (secondary N) is 1. The lowest BCUT2D eigenvalue weighted by atomic mass is 9.78. The van der Waals surface area contributed by atoms with Gasteiger partial charge in [0.15, 0.2) is 17.4 Å². The van der Waals surface area contributed by atoms with Crippen LogP contribution >= 0.6 is 0 Å². The molecule has 1 saturated carbocycles. The summed E-state index contributed by atoms with van der Waals surface area (Å²) >= 11 is 0. The van der Waals surface area contributed by atoms with Crippen LogP contribution in [0.5, 0.6) is 23.0 Å². The number of nitrogens with zero attached hydrogens (tertiary/aromatic N) is 5. The number of hydrazone groups is 1. The molecule has 7 N–H and O–H groups in total. The van der Waals surface area contributed by atoms with Gasteiger partial charge in [0.25, 0.3) is 11.7 Å². The molecule has 6 heterocycles. The van der Waals surface area contributed by atoms with Crippen LogP contribution in [-0.2, 0) is 23.8 Å². The standard InChI is InChI=1S/C54H63FN6O15/c1-24-11-10-12-25(2)52(70)57-40-33(22-56-60-18-16-59(17-19-60)51-35(55)21-32-44(66)34(53(71)72)23-61(31-13-14-31)50(32)58-51)45(67)37-38(46(40)68)43(65)29(6)48-39(37)49(69)54(8,76-48)74-20-15-36(73-9)26(3)47(75-30(7)62)28(5)42(64)27(4)41(24)63/h10-12,15,20-24,26-28,31,36,41-42,47,63-65,67-68H,13-14,16-19H2,1-9H3,(H,57,70)(H,71,72)/b11-10+,20-15+,25-12-,56-22+/t24-,26+,27+,28+,36-,41-,42+,47+,54-/m0/s1. The average molecular weight is 1060 g/mol. The Kier molecular flexibility index (Phi) is 15.3. The summed E-state index contributed by atoms with van der Waals surface area (Å²) in [6, 6.07) is 0.913. The van der Waals surface area contributed by atoms with Crippen molar-refractivity contribution in [2.45, 2.75) is 104 Å². The number of hydrogen-bond acceptors (Lipinski definition) is 18. The minimum absolute atomic E-state index is 0.0194. The first-order valence-corrected chi connectivity index (χ1v) is 25.0. The number of aliphatic hydroxyl groups is 2. The van der Waals surface area contributed by atoms with Gasteiger partial charge < -0.3 is 64.4 Å². The van der Waals surface area contributed by atoms with Crippen LogP contribution in [0.3, 0.4) is 0 Å². The second-order valence-electron chi connectivity index (χ2n) is 20.3. The third kappa shape index (κ3) is 10.0. The number of phenolic OH excluding ortho intramolecular Hbond substituents is 3. The molecule has 1 saturated heterocycles. The highest BCUT2D eigenvalue weighted by molar-refractivity contribution is 6.24. The maximum atomic E-state index is 15.8. The predicted molar refractivity (Wildman–Crippen MR) is 276 cm³/mol. The van der Waals surface area contributed by atoms with Gasteiger partial charge in [-0.05, 0) is 38.8 Å². The molecule has 0 spiro atoms. The van der Waals surface area contributed by atoms with Crippen LogP contribution in [0, 0.1) is 36.4 Å². The van der Waals surface area contributed by atoms with E-state index in [1.165, 1.54) is 59.2 Å². The van der Waals surface area contributed by atoms with Gasteiger partial charge in [0.05, 0.1) is 71.5 Å². The van der Waals surface area contributed by atoms with Crippen molar-refractivity contribution in [3.05, 3.63) is 86.7 Å². The van der Waals surface area contributed by atoms with Crippen molar-refractivity contribution >= 4 is 63.2 Å². The van der Waals surface area contributed by atoms with Crippen LogP contribution in [0.4, 0.5) is 15.9 Å². The number of aliphatic hydroxyl groups excluding tert-OH is 2. The van der Waals surface area contributed by atoms with E-state index in [0.29, 0.717) is 0 Å². The first kappa shape index (κ1) is 54.7. The molecule has 2 aromatic carbocycles. The molecule has 1 aliphatic carbocycles. The molecule has 22 heteroatoms. The number of ketones is 1. The van der Waals surface area contributed by atoms with Gasteiger partial charge in [-0.25, -0.2) is 14.2 Å². The monoisotopic (exact) mass is 1050 g/mol. The van der Waals surface area contributed by atoms with Crippen LogP contribution in [0.25, 0.3) is 21.8 Å². The molecule has 4 aliphatic heterocycles. The van der Waals surface area contributed by atoms with Gasteiger partial charge in [0, 0.05) is 86.5 Å². The quantitative estimate of drug-likeness (QED) is 0.0499. The third-order valence-electron chi connectivity index (χ3n) is 15.0. The summed E-state index contributed by atoms with van der Waals surface area (Å²) in [6.07, 6.45) is 6.98. The van der Waals surface area contributed by atoms with E-state index in [-0.39, 0.29) is 82.5 Å². The summed E-state index contributed by atoms with van der Waals surface area (Å²) in [5.41, 5.74) is -2.06. The summed E-state index contributed by atoms with van der Waals surface area (Å²) in [5, 5.41) is 76.9. The molecule has 1 amide bonds. The minimum atomic E-state index is -2.14. The number of pyridine rings is 2. The molecule has 5 bridgehead atoms. The number of carbonyl (C=O) groups is 4. The Morgan fingerprint density at radius 3 is 2.26 bits per heavy atom. The van der Waals surface area contributed by atoms with Crippen molar-refractivity contribution < 1.29 is 73.2 Å². The van der Waals surface area contributed by atoms with E-state index in [1.54, 1.807) is 48.2 Å². The fourth-order valence-corrected chi connectivity index (χ4v) is 10.3. The molecule has 76 heavy (non-hydrogen) atoms. The zero-order chi connectivity index (χ0) is 55.4. The Morgan fingerprint density at radius 2 is 1.63 bits per heavy atom. The Balaban J connectivity index is 1.18. The Morgan fingerprint density at radius 1 is 0.947 bits per heavy atom. The van der Waals surface area contributed by atoms with E-state index < -0.39 is 123 Å². The molecule has 2 fully saturated rings. The van der Waals surface area contributed by atoms with Crippen LogP contribution in [0.15, 0.2) is 58.3 Å². The van der Waals surface area contributed by atoms with Crippen molar-refractivity contribution in [3.63, 3.8) is 0 Å². The normalized spacial score (nSPS) is 28.3. The van der Waals surface area contributed by atoms with Crippen molar-refractivity contribution in [1.29, 1.82) is 0 Å². The summed E-state index contributed by atoms with van der Waals surface area (Å²) in [5.74, 6) is -11.6. The van der Waals surface area contributed by atoms with Gasteiger partial charge in [0.2, 0.25) is 5.43 Å². The maximum absolute atomic E-state index is 15.8. The number of anilines is 2. The SMILES string of the molecule is CO[C@H]1/C=C/O[C@@]2(C)Oc3c(C)c(O)c4c(O)c(c(/C=N/N5CCN(c6nc7c(cc6F)c(=O)c(C(=O)O)cn7C6CC6)CC5)c(O)c4c3C2=O)NC(=O)/C(C)=C\C=C\[C@H](C)[C@H](O)[C@@H](C)[C@@H](O)[C@@H](C)[C@H](OC(C)=O)[C@@H]1C. The molecule has 406 valence electrons. The van der Waals surface area contributed by atoms with Crippen molar-refractivity contribution in [1.82, 2.24) is 14.6 Å². The highest BCUT2D eigenvalue weighted by atomic mass is 19.1. The number of aromatic carboxylic acids is 1.